The molecule has 1 heterocycles. The van der Waals surface area contributed by atoms with Crippen molar-refractivity contribution < 1.29 is 0 Å². The Hall–Kier alpha value is -1.02. The predicted octanol–water partition coefficient (Wildman–Crippen LogP) is 3.76. The van der Waals surface area contributed by atoms with Gasteiger partial charge in [0.05, 0.1) is 0 Å². The van der Waals surface area contributed by atoms with Crippen molar-refractivity contribution in [3.63, 3.8) is 0 Å². The third kappa shape index (κ3) is 3.54. The van der Waals surface area contributed by atoms with E-state index in [1.54, 1.807) is 0 Å². The average molecular weight is 274 g/mol. The monoisotopic (exact) mass is 274 g/mol. The molecule has 0 amide bonds. The third-order valence-electron chi connectivity index (χ3n) is 4.71. The van der Waals surface area contributed by atoms with Crippen LogP contribution >= 0.6 is 0 Å². The molecule has 0 atom stereocenters. The Morgan fingerprint density at radius 1 is 1.20 bits per heavy atom. The van der Waals surface area contributed by atoms with Gasteiger partial charge in [0, 0.05) is 18.8 Å². The molecule has 2 nitrogen and oxygen atoms in total. The number of benzene rings is 1. The molecule has 0 spiro atoms. The quantitative estimate of drug-likeness (QED) is 0.909. The maximum absolute atomic E-state index is 5.77. The maximum Gasteiger partial charge on any atom is 0.0399 e. The molecule has 1 fully saturated rings. The summed E-state index contributed by atoms with van der Waals surface area (Å²) in [5.74, 6) is 0.849. The molecule has 0 saturated carbocycles. The summed E-state index contributed by atoms with van der Waals surface area (Å²) in [4.78, 5) is 2.56. The van der Waals surface area contributed by atoms with Gasteiger partial charge in [0.2, 0.25) is 0 Å². The summed E-state index contributed by atoms with van der Waals surface area (Å²) < 4.78 is 0. The minimum atomic E-state index is 0.444. The molecule has 112 valence electrons. The largest absolute Gasteiger partial charge is 0.371 e. The van der Waals surface area contributed by atoms with Crippen molar-refractivity contribution in [2.75, 3.05) is 24.5 Å². The van der Waals surface area contributed by atoms with Crippen LogP contribution in [0, 0.1) is 18.3 Å². The standard InChI is InChI=1S/C18H30N2/c1-14-5-6-17(15(13-14)7-10-19)20-11-8-16(9-12-20)18(2,3)4/h5-6,13,16H,7-12,19H2,1-4H3. The minimum Gasteiger partial charge on any atom is -0.371 e. The number of hydrogen-bond donors (Lipinski definition) is 1. The highest BCUT2D eigenvalue weighted by Crippen LogP contribution is 2.36. The van der Waals surface area contributed by atoms with Gasteiger partial charge in [0.1, 0.15) is 0 Å². The lowest BCUT2D eigenvalue weighted by Gasteiger charge is -2.40. The molecule has 2 N–H and O–H groups in total. The van der Waals surface area contributed by atoms with Gasteiger partial charge in [-0.25, -0.2) is 0 Å². The minimum absolute atomic E-state index is 0.444. The van der Waals surface area contributed by atoms with E-state index in [2.05, 4.69) is 50.8 Å². The van der Waals surface area contributed by atoms with Gasteiger partial charge >= 0.3 is 0 Å². The first kappa shape index (κ1) is 15.4. The summed E-state index contributed by atoms with van der Waals surface area (Å²) in [6, 6.07) is 6.82. The lowest BCUT2D eigenvalue weighted by Crippen LogP contribution is -2.38. The number of aryl methyl sites for hydroxylation is 1. The summed E-state index contributed by atoms with van der Waals surface area (Å²) in [6.07, 6.45) is 3.59. The van der Waals surface area contributed by atoms with E-state index in [-0.39, 0.29) is 0 Å². The van der Waals surface area contributed by atoms with E-state index in [1.165, 1.54) is 42.7 Å². The van der Waals surface area contributed by atoms with Crippen molar-refractivity contribution >= 4 is 5.69 Å². The molecule has 1 aliphatic heterocycles. The van der Waals surface area contributed by atoms with E-state index in [4.69, 9.17) is 5.73 Å². The van der Waals surface area contributed by atoms with Gasteiger partial charge in [0.15, 0.2) is 0 Å². The molecule has 0 aromatic heterocycles. The second-order valence-corrected chi connectivity index (χ2v) is 7.30. The first-order valence-corrected chi connectivity index (χ1v) is 7.96. The summed E-state index contributed by atoms with van der Waals surface area (Å²) in [7, 11) is 0. The molecule has 1 aromatic rings. The summed E-state index contributed by atoms with van der Waals surface area (Å²) in [5, 5.41) is 0. The number of piperidine rings is 1. The second-order valence-electron chi connectivity index (χ2n) is 7.30. The molecule has 2 rings (SSSR count). The fourth-order valence-corrected chi connectivity index (χ4v) is 3.36. The van der Waals surface area contributed by atoms with Crippen molar-refractivity contribution in [1.82, 2.24) is 0 Å². The zero-order valence-electron chi connectivity index (χ0n) is 13.6. The van der Waals surface area contributed by atoms with Crippen molar-refractivity contribution in [2.24, 2.45) is 17.1 Å². The van der Waals surface area contributed by atoms with Crippen LogP contribution in [0.15, 0.2) is 18.2 Å². The zero-order chi connectivity index (χ0) is 14.8. The molecule has 20 heavy (non-hydrogen) atoms. The predicted molar refractivity (Wildman–Crippen MR) is 88.3 cm³/mol. The van der Waals surface area contributed by atoms with E-state index < -0.39 is 0 Å². The summed E-state index contributed by atoms with van der Waals surface area (Å²) >= 11 is 0. The molecule has 0 unspecified atom stereocenters. The van der Waals surface area contributed by atoms with Crippen molar-refractivity contribution in [2.45, 2.75) is 47.0 Å². The molecular formula is C18H30N2. The Morgan fingerprint density at radius 3 is 2.40 bits per heavy atom. The van der Waals surface area contributed by atoms with Crippen LogP contribution in [0.25, 0.3) is 0 Å². The van der Waals surface area contributed by atoms with Crippen LogP contribution < -0.4 is 10.6 Å². The maximum atomic E-state index is 5.77. The molecular weight excluding hydrogens is 244 g/mol. The number of anilines is 1. The lowest BCUT2D eigenvalue weighted by atomic mass is 9.75. The normalized spacial score (nSPS) is 17.6. The highest BCUT2D eigenvalue weighted by Gasteiger charge is 2.29. The first-order chi connectivity index (χ1) is 9.41. The van der Waals surface area contributed by atoms with E-state index in [9.17, 15) is 0 Å². The smallest absolute Gasteiger partial charge is 0.0399 e. The SMILES string of the molecule is Cc1ccc(N2CCC(C(C)(C)C)CC2)c(CCN)c1. The zero-order valence-corrected chi connectivity index (χ0v) is 13.6. The average Bonchev–Trinajstić information content (AvgIpc) is 2.38. The molecule has 0 radical (unpaired) electrons. The van der Waals surface area contributed by atoms with Gasteiger partial charge in [-0.05, 0) is 55.7 Å². The van der Waals surface area contributed by atoms with Crippen molar-refractivity contribution in [3.05, 3.63) is 29.3 Å². The van der Waals surface area contributed by atoms with Crippen LogP contribution in [0.4, 0.5) is 5.69 Å². The topological polar surface area (TPSA) is 29.3 Å². The van der Waals surface area contributed by atoms with Crippen LogP contribution in [0.2, 0.25) is 0 Å². The Kier molecular flexibility index (Phi) is 4.74. The first-order valence-electron chi connectivity index (χ1n) is 7.96. The van der Waals surface area contributed by atoms with Crippen molar-refractivity contribution in [3.8, 4) is 0 Å². The van der Waals surface area contributed by atoms with E-state index >= 15 is 0 Å². The third-order valence-corrected chi connectivity index (χ3v) is 4.71. The Morgan fingerprint density at radius 2 is 1.85 bits per heavy atom. The van der Waals surface area contributed by atoms with E-state index in [0.29, 0.717) is 5.41 Å². The number of hydrogen-bond acceptors (Lipinski definition) is 2. The van der Waals surface area contributed by atoms with Gasteiger partial charge in [-0.1, -0.05) is 38.5 Å². The van der Waals surface area contributed by atoms with Crippen LogP contribution in [-0.4, -0.2) is 19.6 Å². The van der Waals surface area contributed by atoms with E-state index in [0.717, 1.165) is 18.9 Å². The summed E-state index contributed by atoms with van der Waals surface area (Å²) in [6.45, 7) is 12.4. The van der Waals surface area contributed by atoms with Gasteiger partial charge in [-0.15, -0.1) is 0 Å². The van der Waals surface area contributed by atoms with Gasteiger partial charge < -0.3 is 10.6 Å². The second kappa shape index (κ2) is 6.17. The molecule has 2 heteroatoms. The molecule has 0 bridgehead atoms. The lowest BCUT2D eigenvalue weighted by molar-refractivity contribution is 0.199. The van der Waals surface area contributed by atoms with Crippen LogP contribution in [0.1, 0.15) is 44.7 Å². The fraction of sp³-hybridized carbons (Fsp3) is 0.667. The molecule has 0 aliphatic carbocycles. The fourth-order valence-electron chi connectivity index (χ4n) is 3.36. The van der Waals surface area contributed by atoms with Gasteiger partial charge in [0.25, 0.3) is 0 Å². The Balaban J connectivity index is 2.10. The van der Waals surface area contributed by atoms with Gasteiger partial charge in [-0.2, -0.15) is 0 Å². The van der Waals surface area contributed by atoms with E-state index in [1.807, 2.05) is 0 Å². The van der Waals surface area contributed by atoms with Gasteiger partial charge in [-0.3, -0.25) is 0 Å². The highest BCUT2D eigenvalue weighted by atomic mass is 15.1. The highest BCUT2D eigenvalue weighted by molar-refractivity contribution is 5.55. The number of nitrogens with zero attached hydrogens (tertiary/aromatic N) is 1. The Bertz CT molecular complexity index is 437. The van der Waals surface area contributed by atoms with Crippen LogP contribution in [0.5, 0.6) is 0 Å². The van der Waals surface area contributed by atoms with Crippen LogP contribution in [0.3, 0.4) is 0 Å². The van der Waals surface area contributed by atoms with Crippen LogP contribution in [-0.2, 0) is 6.42 Å². The molecule has 1 aromatic carbocycles. The molecule has 1 aliphatic rings. The van der Waals surface area contributed by atoms with Crippen molar-refractivity contribution in [1.29, 1.82) is 0 Å². The summed E-state index contributed by atoms with van der Waals surface area (Å²) in [5.41, 5.74) is 10.4. The molecule has 1 saturated heterocycles. The Labute approximate surface area is 124 Å². The number of nitrogens with two attached hydrogens (primary N) is 1. The number of rotatable bonds is 3.